The fourth-order valence-electron chi connectivity index (χ4n) is 12.8. The summed E-state index contributed by atoms with van der Waals surface area (Å²) in [5, 5.41) is 62.4. The Kier molecular flexibility index (Phi) is 34.5. The van der Waals surface area contributed by atoms with Crippen LogP contribution in [-0.2, 0) is 45.8 Å². The van der Waals surface area contributed by atoms with Crippen molar-refractivity contribution in [2.45, 2.75) is 137 Å². The number of methoxy groups -OCH3 is 2. The number of esters is 1. The minimum Gasteiger partial charge on any atom is -0.497 e. The maximum atomic E-state index is 12.5. The van der Waals surface area contributed by atoms with Gasteiger partial charge in [0.2, 0.25) is 0 Å². The first kappa shape index (κ1) is 106. The number of halogens is 11. The van der Waals surface area contributed by atoms with Gasteiger partial charge in [-0.3, -0.25) is 0 Å². The van der Waals surface area contributed by atoms with Crippen molar-refractivity contribution in [3.05, 3.63) is 249 Å². The molecule has 0 amide bonds. The highest BCUT2D eigenvalue weighted by molar-refractivity contribution is 9.10. The Balaban J connectivity index is 0.000000142. The van der Waals surface area contributed by atoms with Crippen molar-refractivity contribution in [3.63, 3.8) is 0 Å². The van der Waals surface area contributed by atoms with Crippen molar-refractivity contribution in [2.24, 2.45) is 0 Å². The molecule has 15 aromatic rings. The molecule has 28 nitrogen and oxygen atoms in total. The molecule has 18 rings (SSSR count). The molecule has 137 heavy (non-hydrogen) atoms. The smallest absolute Gasteiger partial charge is 0.497 e. The van der Waals surface area contributed by atoms with Crippen molar-refractivity contribution in [1.29, 1.82) is 0 Å². The van der Waals surface area contributed by atoms with Crippen LogP contribution in [0.2, 0.25) is 50.2 Å². The van der Waals surface area contributed by atoms with Crippen LogP contribution in [0.5, 0.6) is 11.5 Å². The lowest BCUT2D eigenvalue weighted by molar-refractivity contribution is 0.00578. The summed E-state index contributed by atoms with van der Waals surface area (Å²) in [6.07, 6.45) is 0. The number of benzene rings is 7. The van der Waals surface area contributed by atoms with Gasteiger partial charge in [0.15, 0.2) is 17.1 Å². The second-order valence-electron chi connectivity index (χ2n) is 33.1. The number of aromatic amines is 1. The van der Waals surface area contributed by atoms with Gasteiger partial charge in [0.25, 0.3) is 0 Å². The number of rotatable bonds is 20. The molecule has 7 aromatic carbocycles. The number of aromatic carboxylic acids is 2. The van der Waals surface area contributed by atoms with Crippen LogP contribution in [0.4, 0.5) is 0 Å². The summed E-state index contributed by atoms with van der Waals surface area (Å²) in [6.45, 7) is 27.0. The fraction of sp³-hybridized carbons (Fsp3) is 0.267. The van der Waals surface area contributed by atoms with Crippen molar-refractivity contribution in [2.75, 3.05) is 20.8 Å². The molecule has 8 aromatic heterocycles. The number of carboxylic acids is 2. The van der Waals surface area contributed by atoms with E-state index in [4.69, 9.17) is 168 Å². The average Bonchev–Trinajstić information content (AvgIpc) is 1.60. The average molecular weight is 2210 g/mol. The zero-order chi connectivity index (χ0) is 99.1. The maximum Gasteiger partial charge on any atom is 0.515 e. The van der Waals surface area contributed by atoms with Crippen LogP contribution < -0.4 is 15.1 Å². The monoisotopic (exact) mass is 2200 g/mol. The van der Waals surface area contributed by atoms with Crippen LogP contribution in [0, 0.1) is 0 Å². The highest BCUT2D eigenvalue weighted by atomic mass is 79.9. The predicted molar refractivity (Wildman–Crippen MR) is 551 cm³/mol. The molecule has 3 N–H and O–H groups in total. The van der Waals surface area contributed by atoms with E-state index in [1.165, 1.54) is 50.0 Å². The van der Waals surface area contributed by atoms with Crippen LogP contribution in [0.1, 0.15) is 133 Å². The Morgan fingerprint density at radius 2 is 0.723 bits per heavy atom. The minimum atomic E-state index is -1.17. The predicted octanol–water partition coefficient (Wildman–Crippen LogP) is 25.9. The number of nitrogens with one attached hydrogen (secondary N) is 1. The standard InChI is InChI=1S/C22H18Cl2N4O3S.C20H14Cl2N4O3S.C15H16BCl2NO2S.C12H24B2O4.C12H6Cl2N4O2S.C9H4BrCl2NS/c1-3-31-22(29)19-20(28(27-26-19)11-13-4-7-15(30-2)8-5-13)18-12-32-21(25-18)14-6-9-16(23)17(24)10-14;1-29-13-5-2-11(3-6-13)9-26-18(17(20(27)28)24-25-26)16-10-30-19(23-16)12-4-7-14(21)15(22)8-12;1-14(2)15(3,4)21-16(20-14)12-8-22-13(19-12)9-5-6-10(17)11(18)7-9;1-9(2)10(3,4)16-13(15-9)14-17-11(5,6)12(7,8)18-14;13-6-2-1-5(3-7(6)14)11-15-8(4-21-11)9-10(12(19)20)17-18-16-9;10-8-4-14-9(13-8)5-1-2-6(11)7(12)3-5/h4-10,12H,3,11H2,1-2H3;2-8,10H,9H2,1H3,(H,27,28);5-8H,1-4H3;1-8H3;1-4H,(H,19,20)(H,16,17,18);1-4H. The van der Waals surface area contributed by atoms with Gasteiger partial charge < -0.3 is 52.3 Å². The molecular formula is C90H82B3BrCl10N14O14S5. The second kappa shape index (κ2) is 44.7. The first-order valence-electron chi connectivity index (χ1n) is 41.2. The van der Waals surface area contributed by atoms with Crippen molar-refractivity contribution in [1.82, 2.24) is 70.3 Å². The van der Waals surface area contributed by atoms with E-state index in [1.807, 2.05) is 184 Å². The SMILES string of the molecule is CC1(C)OB(B2OC(C)(C)C(C)(C)O2)OC1(C)C.CC1(C)OB(c2csc(-c3ccc(Cl)c(Cl)c3)n2)OC1(C)C.CCOC(=O)c1nnn(Cc2ccc(OC)cc2)c1-c1csc(-c2ccc(Cl)c(Cl)c2)n1.COc1ccc(Cn2nnc(C(=O)O)c2-c2csc(-c3ccc(Cl)c(Cl)c3)n2)cc1.Clc1ccc(-c2nc(Br)cs2)cc1Cl.O=C(O)c1n[nH]nc1-c1csc(-c2ccc(Cl)c(Cl)c2)n1. The van der Waals surface area contributed by atoms with Gasteiger partial charge in [0.1, 0.15) is 75.3 Å². The quantitative estimate of drug-likeness (QED) is 0.0471. The number of aromatic nitrogens is 14. The summed E-state index contributed by atoms with van der Waals surface area (Å²) in [5.41, 5.74) is 7.08. The highest BCUT2D eigenvalue weighted by Gasteiger charge is 2.64. The zero-order valence-corrected chi connectivity index (χ0v) is 88.6. The lowest BCUT2D eigenvalue weighted by Crippen LogP contribution is -2.41. The van der Waals surface area contributed by atoms with E-state index < -0.39 is 39.0 Å². The summed E-state index contributed by atoms with van der Waals surface area (Å²) in [4.78, 5) is 57.9. The molecule has 712 valence electrons. The van der Waals surface area contributed by atoms with Gasteiger partial charge in [0.05, 0.1) is 123 Å². The molecule has 0 saturated carbocycles. The van der Waals surface area contributed by atoms with Gasteiger partial charge >= 0.3 is 39.0 Å². The normalized spacial score (nSPS) is 15.0. The number of ether oxygens (including phenoxy) is 3. The summed E-state index contributed by atoms with van der Waals surface area (Å²) in [7, 11) is 1.81. The van der Waals surface area contributed by atoms with Crippen LogP contribution in [0.15, 0.2) is 171 Å². The number of H-pyrrole nitrogens is 1. The molecule has 0 atom stereocenters. The topological polar surface area (TPSA) is 342 Å². The molecule has 0 spiro atoms. The summed E-state index contributed by atoms with van der Waals surface area (Å²) in [6, 6.07) is 41.7. The van der Waals surface area contributed by atoms with Crippen LogP contribution in [0.25, 0.3) is 87.0 Å². The molecule has 0 unspecified atom stereocenters. The Bertz CT molecular complexity index is 6780. The van der Waals surface area contributed by atoms with E-state index in [0.717, 1.165) is 75.7 Å². The van der Waals surface area contributed by atoms with Crippen LogP contribution in [0.3, 0.4) is 0 Å². The first-order valence-corrected chi connectivity index (χ1v) is 50.2. The largest absolute Gasteiger partial charge is 0.515 e. The Morgan fingerprint density at radius 1 is 0.401 bits per heavy atom. The highest BCUT2D eigenvalue weighted by Crippen LogP contribution is 2.46. The molecule has 0 radical (unpaired) electrons. The lowest BCUT2D eigenvalue weighted by Gasteiger charge is -2.32. The van der Waals surface area contributed by atoms with E-state index in [1.54, 1.807) is 103 Å². The molecule has 0 aliphatic carbocycles. The van der Waals surface area contributed by atoms with Gasteiger partial charge in [-0.15, -0.1) is 72.0 Å². The van der Waals surface area contributed by atoms with Gasteiger partial charge in [-0.05, 0) is 202 Å². The van der Waals surface area contributed by atoms with Crippen molar-refractivity contribution < 1.29 is 66.7 Å². The number of hydrogen-bond acceptors (Lipinski definition) is 28. The van der Waals surface area contributed by atoms with Gasteiger partial charge in [-0.2, -0.15) is 10.3 Å². The third-order valence-electron chi connectivity index (χ3n) is 22.2. The van der Waals surface area contributed by atoms with Crippen LogP contribution >= 0.6 is 189 Å². The molecule has 0 bridgehead atoms. The zero-order valence-electron chi connectivity index (χ0n) is 75.3. The lowest BCUT2D eigenvalue weighted by atomic mass is 9.49. The molecule has 3 aliphatic heterocycles. The first-order chi connectivity index (χ1) is 64.7. The van der Waals surface area contributed by atoms with Gasteiger partial charge in [-0.1, -0.05) is 181 Å². The molecule has 11 heterocycles. The number of carbonyl (C=O) groups excluding carboxylic acids is 1. The van der Waals surface area contributed by atoms with E-state index in [-0.39, 0.29) is 63.0 Å². The Morgan fingerprint density at radius 3 is 1.07 bits per heavy atom. The Hall–Kier alpha value is -8.55. The van der Waals surface area contributed by atoms with E-state index in [9.17, 15) is 19.5 Å². The van der Waals surface area contributed by atoms with E-state index in [2.05, 4.69) is 71.9 Å². The number of thiazole rings is 5. The molecule has 3 saturated heterocycles. The van der Waals surface area contributed by atoms with Crippen molar-refractivity contribution in [3.8, 4) is 98.5 Å². The molecular weight excluding hydrogens is 2130 g/mol. The van der Waals surface area contributed by atoms with Crippen molar-refractivity contribution >= 4 is 233 Å². The summed E-state index contributed by atoms with van der Waals surface area (Å²) >= 11 is 70.4. The number of hydrogen-bond donors (Lipinski definition) is 3. The third kappa shape index (κ3) is 25.3. The summed E-state index contributed by atoms with van der Waals surface area (Å²) in [5.74, 6) is -1.40. The number of carbonyl (C=O) groups is 3. The minimum absolute atomic E-state index is 0.117. The maximum absolute atomic E-state index is 12.5. The third-order valence-corrected chi connectivity index (χ3v) is 31.1. The van der Waals surface area contributed by atoms with E-state index >= 15 is 0 Å². The molecule has 47 heteroatoms. The fourth-order valence-corrected chi connectivity index (χ4v) is 18.7. The van der Waals surface area contributed by atoms with Gasteiger partial charge in [0, 0.05) is 54.7 Å². The number of carboxylic acid groups (broad SMARTS) is 2. The molecule has 3 fully saturated rings. The summed E-state index contributed by atoms with van der Waals surface area (Å²) < 4.78 is 55.4. The Labute approximate surface area is 867 Å². The second-order valence-corrected chi connectivity index (χ2v) is 42.3. The molecule has 3 aliphatic rings. The number of nitrogens with zero attached hydrogens (tertiary/aromatic N) is 13. The van der Waals surface area contributed by atoms with Crippen LogP contribution in [-0.4, -0.2) is 174 Å². The van der Waals surface area contributed by atoms with E-state index in [0.29, 0.717) is 102 Å². The van der Waals surface area contributed by atoms with Gasteiger partial charge in [-0.25, -0.2) is 48.7 Å².